The van der Waals surface area contributed by atoms with Crippen LogP contribution in [0.5, 0.6) is 5.75 Å². The summed E-state index contributed by atoms with van der Waals surface area (Å²) in [5, 5.41) is 0. The van der Waals surface area contributed by atoms with Gasteiger partial charge in [-0.2, -0.15) is 0 Å². The maximum atomic E-state index is 11.6. The van der Waals surface area contributed by atoms with Gasteiger partial charge in [0.25, 0.3) is 0 Å². The van der Waals surface area contributed by atoms with Crippen LogP contribution >= 0.6 is 0 Å². The standard InChI is InChI=1S/C16H21NO7/c1-11-5-6-12(13(7-11)24-10-16(20)23-4)17(8-14(18)21-2)9-15(19)22-3/h5-7H,8-10H2,1-4H3. The summed E-state index contributed by atoms with van der Waals surface area (Å²) in [6.45, 7) is 1.20. The van der Waals surface area contributed by atoms with Gasteiger partial charge in [-0.15, -0.1) is 0 Å². The zero-order valence-electron chi connectivity index (χ0n) is 14.2. The number of aryl methyl sites for hydroxylation is 1. The van der Waals surface area contributed by atoms with E-state index in [-0.39, 0.29) is 19.7 Å². The second-order valence-electron chi connectivity index (χ2n) is 4.84. The van der Waals surface area contributed by atoms with Gasteiger partial charge in [0.2, 0.25) is 0 Å². The van der Waals surface area contributed by atoms with Crippen molar-refractivity contribution >= 4 is 23.6 Å². The molecule has 0 radical (unpaired) electrons. The third-order valence-corrected chi connectivity index (χ3v) is 3.12. The maximum absolute atomic E-state index is 11.6. The zero-order valence-corrected chi connectivity index (χ0v) is 14.2. The number of nitrogens with zero attached hydrogens (tertiary/aromatic N) is 1. The molecule has 0 saturated carbocycles. The second kappa shape index (κ2) is 9.39. The summed E-state index contributed by atoms with van der Waals surface area (Å²) < 4.78 is 19.3. The predicted molar refractivity (Wildman–Crippen MR) is 84.9 cm³/mol. The van der Waals surface area contributed by atoms with E-state index in [2.05, 4.69) is 14.2 Å². The van der Waals surface area contributed by atoms with Gasteiger partial charge in [-0.3, -0.25) is 9.59 Å². The molecule has 0 bridgehead atoms. The fourth-order valence-corrected chi connectivity index (χ4v) is 1.86. The molecule has 0 heterocycles. The lowest BCUT2D eigenvalue weighted by molar-refractivity contribution is -0.143. The number of ether oxygens (including phenoxy) is 4. The van der Waals surface area contributed by atoms with Crippen LogP contribution in [0.4, 0.5) is 5.69 Å². The lowest BCUT2D eigenvalue weighted by atomic mass is 10.2. The fraction of sp³-hybridized carbons (Fsp3) is 0.438. The van der Waals surface area contributed by atoms with Gasteiger partial charge in [-0.1, -0.05) is 6.07 Å². The highest BCUT2D eigenvalue weighted by Gasteiger charge is 2.20. The van der Waals surface area contributed by atoms with Crippen LogP contribution in [0.1, 0.15) is 5.56 Å². The van der Waals surface area contributed by atoms with Crippen molar-refractivity contribution in [2.45, 2.75) is 6.92 Å². The van der Waals surface area contributed by atoms with Crippen LogP contribution in [0.3, 0.4) is 0 Å². The Balaban J connectivity index is 3.11. The van der Waals surface area contributed by atoms with Gasteiger partial charge in [-0.05, 0) is 24.6 Å². The highest BCUT2D eigenvalue weighted by Crippen LogP contribution is 2.29. The number of anilines is 1. The normalized spacial score (nSPS) is 9.83. The molecule has 0 amide bonds. The molecule has 132 valence electrons. The molecule has 0 aromatic heterocycles. The average molecular weight is 339 g/mol. The molecule has 0 N–H and O–H groups in total. The molecule has 0 unspecified atom stereocenters. The molecule has 0 saturated heterocycles. The largest absolute Gasteiger partial charge is 0.480 e. The van der Waals surface area contributed by atoms with Crippen LogP contribution in [-0.4, -0.2) is 58.9 Å². The minimum absolute atomic E-state index is 0.177. The van der Waals surface area contributed by atoms with Gasteiger partial charge in [0.1, 0.15) is 18.8 Å². The monoisotopic (exact) mass is 339 g/mol. The van der Waals surface area contributed by atoms with Gasteiger partial charge >= 0.3 is 17.9 Å². The Hall–Kier alpha value is -2.77. The van der Waals surface area contributed by atoms with Crippen LogP contribution in [0.25, 0.3) is 0 Å². The Labute approximate surface area is 140 Å². The van der Waals surface area contributed by atoms with Crippen LogP contribution in [0, 0.1) is 6.92 Å². The number of hydrogen-bond donors (Lipinski definition) is 0. The molecule has 8 heteroatoms. The van der Waals surface area contributed by atoms with Crippen LogP contribution < -0.4 is 9.64 Å². The first-order chi connectivity index (χ1) is 11.4. The molecule has 8 nitrogen and oxygen atoms in total. The van der Waals surface area contributed by atoms with E-state index in [9.17, 15) is 14.4 Å². The SMILES string of the molecule is COC(=O)COc1cc(C)ccc1N(CC(=O)OC)CC(=O)OC. The molecule has 0 aliphatic rings. The van der Waals surface area contributed by atoms with Crippen molar-refractivity contribution in [3.8, 4) is 5.75 Å². The van der Waals surface area contributed by atoms with E-state index in [1.165, 1.54) is 26.2 Å². The first kappa shape index (κ1) is 19.3. The zero-order chi connectivity index (χ0) is 18.1. The van der Waals surface area contributed by atoms with E-state index in [0.29, 0.717) is 11.4 Å². The van der Waals surface area contributed by atoms with E-state index >= 15 is 0 Å². The molecule has 24 heavy (non-hydrogen) atoms. The molecular weight excluding hydrogens is 318 g/mol. The Morgan fingerprint density at radius 1 is 0.917 bits per heavy atom. The summed E-state index contributed by atoms with van der Waals surface area (Å²) in [6, 6.07) is 5.18. The van der Waals surface area contributed by atoms with Crippen molar-refractivity contribution < 1.29 is 33.3 Å². The molecule has 0 aliphatic carbocycles. The summed E-state index contributed by atoms with van der Waals surface area (Å²) >= 11 is 0. The van der Waals surface area contributed by atoms with Crippen molar-refractivity contribution in [3.05, 3.63) is 23.8 Å². The minimum Gasteiger partial charge on any atom is -0.480 e. The van der Waals surface area contributed by atoms with Crippen LogP contribution in [-0.2, 0) is 28.6 Å². The van der Waals surface area contributed by atoms with Crippen molar-refractivity contribution in [1.29, 1.82) is 0 Å². The Kier molecular flexibility index (Phi) is 7.54. The second-order valence-corrected chi connectivity index (χ2v) is 4.84. The summed E-state index contributed by atoms with van der Waals surface area (Å²) in [7, 11) is 3.76. The summed E-state index contributed by atoms with van der Waals surface area (Å²) in [5.41, 5.74) is 1.34. The molecule has 1 rings (SSSR count). The first-order valence-corrected chi connectivity index (χ1v) is 7.10. The minimum atomic E-state index is -0.546. The van der Waals surface area contributed by atoms with E-state index in [1.54, 1.807) is 18.2 Å². The third-order valence-electron chi connectivity index (χ3n) is 3.12. The number of carbonyl (C=O) groups excluding carboxylic acids is 3. The van der Waals surface area contributed by atoms with Crippen molar-refractivity contribution in [3.63, 3.8) is 0 Å². The highest BCUT2D eigenvalue weighted by atomic mass is 16.6. The van der Waals surface area contributed by atoms with E-state index < -0.39 is 17.9 Å². The molecule has 0 atom stereocenters. The van der Waals surface area contributed by atoms with E-state index in [4.69, 9.17) is 4.74 Å². The number of rotatable bonds is 8. The predicted octanol–water partition coefficient (Wildman–Crippen LogP) is 0.699. The fourth-order valence-electron chi connectivity index (χ4n) is 1.86. The van der Waals surface area contributed by atoms with Crippen LogP contribution in [0.15, 0.2) is 18.2 Å². The summed E-state index contributed by atoms with van der Waals surface area (Å²) in [4.78, 5) is 36.0. The lowest BCUT2D eigenvalue weighted by Crippen LogP contribution is -2.36. The summed E-state index contributed by atoms with van der Waals surface area (Å²) in [5.74, 6) is -1.26. The number of esters is 3. The Bertz CT molecular complexity index is 582. The molecule has 0 aliphatic heterocycles. The lowest BCUT2D eigenvalue weighted by Gasteiger charge is -2.24. The molecule has 1 aromatic rings. The smallest absolute Gasteiger partial charge is 0.343 e. The van der Waals surface area contributed by atoms with Gasteiger partial charge in [-0.25, -0.2) is 4.79 Å². The van der Waals surface area contributed by atoms with Gasteiger partial charge in [0, 0.05) is 0 Å². The van der Waals surface area contributed by atoms with E-state index in [1.807, 2.05) is 6.92 Å². The third kappa shape index (κ3) is 5.79. The van der Waals surface area contributed by atoms with Gasteiger partial charge in [0.05, 0.1) is 27.0 Å². The van der Waals surface area contributed by atoms with Crippen LogP contribution in [0.2, 0.25) is 0 Å². The molecule has 0 fully saturated rings. The topological polar surface area (TPSA) is 91.4 Å². The highest BCUT2D eigenvalue weighted by molar-refractivity contribution is 5.82. The van der Waals surface area contributed by atoms with Gasteiger partial charge < -0.3 is 23.8 Å². The van der Waals surface area contributed by atoms with Crippen molar-refractivity contribution in [2.24, 2.45) is 0 Å². The average Bonchev–Trinajstić information content (AvgIpc) is 2.58. The number of methoxy groups -OCH3 is 3. The Morgan fingerprint density at radius 2 is 1.46 bits per heavy atom. The summed E-state index contributed by atoms with van der Waals surface area (Å²) in [6.07, 6.45) is 0. The maximum Gasteiger partial charge on any atom is 0.343 e. The Morgan fingerprint density at radius 3 is 1.96 bits per heavy atom. The molecular formula is C16H21NO7. The quantitative estimate of drug-likeness (QED) is 0.505. The van der Waals surface area contributed by atoms with Crippen molar-refractivity contribution in [1.82, 2.24) is 0 Å². The number of carbonyl (C=O) groups is 3. The van der Waals surface area contributed by atoms with Crippen molar-refractivity contribution in [2.75, 3.05) is 45.9 Å². The number of hydrogen-bond acceptors (Lipinski definition) is 8. The van der Waals surface area contributed by atoms with Gasteiger partial charge in [0.15, 0.2) is 6.61 Å². The molecule has 1 aromatic carbocycles. The molecule has 0 spiro atoms. The number of benzene rings is 1. The van der Waals surface area contributed by atoms with E-state index in [0.717, 1.165) is 5.56 Å². The first-order valence-electron chi connectivity index (χ1n) is 7.10.